The van der Waals surface area contributed by atoms with Gasteiger partial charge in [0.1, 0.15) is 13.1 Å². The zero-order valence-electron chi connectivity index (χ0n) is 14.8. The van der Waals surface area contributed by atoms with Gasteiger partial charge in [0.05, 0.1) is 0 Å². The second-order valence-electron chi connectivity index (χ2n) is 6.72. The van der Waals surface area contributed by atoms with Gasteiger partial charge in [-0.15, -0.1) is 0 Å². The van der Waals surface area contributed by atoms with E-state index in [1.807, 2.05) is 0 Å². The topological polar surface area (TPSA) is 8.81 Å². The maximum atomic E-state index is 2.38. The molecule has 1 heterocycles. The Hall–Kier alpha value is -2.87. The summed E-state index contributed by atoms with van der Waals surface area (Å²) in [6, 6.07) is 25.8. The van der Waals surface area contributed by atoms with E-state index in [0.29, 0.717) is 0 Å². The summed E-state index contributed by atoms with van der Waals surface area (Å²) in [5.74, 6) is 0. The molecule has 0 fully saturated rings. The van der Waals surface area contributed by atoms with E-state index in [1.165, 1.54) is 33.3 Å². The van der Waals surface area contributed by atoms with Gasteiger partial charge in [-0.3, -0.25) is 0 Å². The summed E-state index contributed by atoms with van der Waals surface area (Å²) in [6.45, 7) is 6.20. The van der Waals surface area contributed by atoms with Crippen molar-refractivity contribution in [3.05, 3.63) is 101 Å². The first-order chi connectivity index (χ1) is 12.2. The van der Waals surface area contributed by atoms with Crippen molar-refractivity contribution in [3.63, 3.8) is 0 Å². The molecule has 0 aliphatic rings. The second kappa shape index (κ2) is 6.56. The Labute approximate surface area is 149 Å². The van der Waals surface area contributed by atoms with Gasteiger partial charge in [-0.2, -0.15) is 0 Å². The number of imidazole rings is 1. The molecule has 0 atom stereocenters. The van der Waals surface area contributed by atoms with Crippen molar-refractivity contribution >= 4 is 11.0 Å². The minimum atomic E-state index is 0.891. The molecule has 0 saturated heterocycles. The van der Waals surface area contributed by atoms with E-state index in [4.69, 9.17) is 0 Å². The monoisotopic (exact) mass is 327 g/mol. The Morgan fingerprint density at radius 3 is 2.08 bits per heavy atom. The fraction of sp³-hybridized carbons (Fsp3) is 0.174. The van der Waals surface area contributed by atoms with Crippen LogP contribution in [0.5, 0.6) is 0 Å². The summed E-state index contributed by atoms with van der Waals surface area (Å²) in [7, 11) is 0. The van der Waals surface area contributed by atoms with Crippen LogP contribution in [0.25, 0.3) is 11.0 Å². The smallest absolute Gasteiger partial charge is 0.226 e. The van der Waals surface area contributed by atoms with Gasteiger partial charge >= 0.3 is 0 Å². The molecule has 0 saturated carbocycles. The number of hydrogen-bond donors (Lipinski definition) is 0. The molecule has 3 aromatic carbocycles. The molecule has 4 rings (SSSR count). The highest BCUT2D eigenvalue weighted by Gasteiger charge is 2.19. The first-order valence-corrected chi connectivity index (χ1v) is 8.79. The van der Waals surface area contributed by atoms with Crippen LogP contribution in [-0.2, 0) is 13.1 Å². The Kier molecular flexibility index (Phi) is 4.10. The highest BCUT2D eigenvalue weighted by Crippen LogP contribution is 2.20. The molecule has 0 amide bonds. The lowest BCUT2D eigenvalue weighted by Gasteiger charge is -2.03. The molecule has 124 valence electrons. The Morgan fingerprint density at radius 2 is 1.40 bits per heavy atom. The molecule has 2 heteroatoms. The van der Waals surface area contributed by atoms with Crippen molar-refractivity contribution in [2.24, 2.45) is 0 Å². The molecular weight excluding hydrogens is 304 g/mol. The highest BCUT2D eigenvalue weighted by atomic mass is 15.1. The first kappa shape index (κ1) is 15.6. The Bertz CT molecular complexity index is 999. The standard InChI is InChI=1S/C23H23N2/c1-18-13-14-22-23(19(18)2)25(16-21-11-7-4-8-12-21)17-24(22)15-20-9-5-3-6-10-20/h3-14,17H,15-16H2,1-2H3/q+1. The Morgan fingerprint density at radius 1 is 0.760 bits per heavy atom. The van der Waals surface area contributed by atoms with Crippen LogP contribution >= 0.6 is 0 Å². The number of rotatable bonds is 4. The minimum Gasteiger partial charge on any atom is -0.226 e. The van der Waals surface area contributed by atoms with Crippen LogP contribution in [0.2, 0.25) is 0 Å². The van der Waals surface area contributed by atoms with Gasteiger partial charge in [0, 0.05) is 5.56 Å². The van der Waals surface area contributed by atoms with Gasteiger partial charge in [0.25, 0.3) is 0 Å². The van der Waals surface area contributed by atoms with Gasteiger partial charge in [0.15, 0.2) is 11.0 Å². The van der Waals surface area contributed by atoms with Crippen LogP contribution in [0.3, 0.4) is 0 Å². The molecule has 2 nitrogen and oxygen atoms in total. The summed E-state index contributed by atoms with van der Waals surface area (Å²) < 4.78 is 4.75. The average molecular weight is 327 g/mol. The van der Waals surface area contributed by atoms with Gasteiger partial charge in [-0.1, -0.05) is 66.7 Å². The first-order valence-electron chi connectivity index (χ1n) is 8.79. The number of fused-ring (bicyclic) bond motifs is 1. The van der Waals surface area contributed by atoms with Gasteiger partial charge in [0.2, 0.25) is 6.33 Å². The van der Waals surface area contributed by atoms with E-state index < -0.39 is 0 Å². The van der Waals surface area contributed by atoms with Crippen LogP contribution < -0.4 is 4.57 Å². The quantitative estimate of drug-likeness (QED) is 0.483. The predicted molar refractivity (Wildman–Crippen MR) is 103 cm³/mol. The number of hydrogen-bond acceptors (Lipinski definition) is 0. The van der Waals surface area contributed by atoms with Gasteiger partial charge in [-0.05, 0) is 36.6 Å². The number of aryl methyl sites for hydroxylation is 2. The molecule has 0 unspecified atom stereocenters. The molecule has 0 spiro atoms. The molecule has 0 aliphatic heterocycles. The van der Waals surface area contributed by atoms with E-state index in [9.17, 15) is 0 Å². The Balaban J connectivity index is 1.83. The summed E-state index contributed by atoms with van der Waals surface area (Å²) in [4.78, 5) is 0. The molecule has 4 aromatic rings. The maximum Gasteiger partial charge on any atom is 0.245 e. The van der Waals surface area contributed by atoms with Crippen molar-refractivity contribution in [1.82, 2.24) is 4.57 Å². The third-order valence-electron chi connectivity index (χ3n) is 4.95. The maximum absolute atomic E-state index is 2.38. The highest BCUT2D eigenvalue weighted by molar-refractivity contribution is 5.77. The van der Waals surface area contributed by atoms with Crippen LogP contribution in [0.1, 0.15) is 22.3 Å². The van der Waals surface area contributed by atoms with Gasteiger partial charge in [-0.25, -0.2) is 9.13 Å². The zero-order chi connectivity index (χ0) is 17.2. The van der Waals surface area contributed by atoms with Crippen LogP contribution in [0, 0.1) is 13.8 Å². The predicted octanol–water partition coefficient (Wildman–Crippen LogP) is 4.64. The molecule has 0 aliphatic carbocycles. The van der Waals surface area contributed by atoms with Crippen molar-refractivity contribution in [1.29, 1.82) is 0 Å². The molecule has 1 aromatic heterocycles. The number of nitrogens with zero attached hydrogens (tertiary/aromatic N) is 2. The second-order valence-corrected chi connectivity index (χ2v) is 6.72. The van der Waals surface area contributed by atoms with Crippen LogP contribution in [0.4, 0.5) is 0 Å². The SMILES string of the molecule is Cc1ccc2c(c1C)[n+](Cc1ccccc1)cn2Cc1ccccc1. The number of aromatic nitrogens is 2. The number of benzene rings is 3. The lowest BCUT2D eigenvalue weighted by molar-refractivity contribution is -0.663. The van der Waals surface area contributed by atoms with Crippen LogP contribution in [-0.4, -0.2) is 4.57 Å². The lowest BCUT2D eigenvalue weighted by atomic mass is 10.1. The normalized spacial score (nSPS) is 11.1. The molecule has 0 radical (unpaired) electrons. The largest absolute Gasteiger partial charge is 0.245 e. The van der Waals surface area contributed by atoms with Crippen molar-refractivity contribution in [2.75, 3.05) is 0 Å². The van der Waals surface area contributed by atoms with Crippen molar-refractivity contribution in [2.45, 2.75) is 26.9 Å². The fourth-order valence-corrected chi connectivity index (χ4v) is 3.48. The minimum absolute atomic E-state index is 0.891. The van der Waals surface area contributed by atoms with E-state index >= 15 is 0 Å². The zero-order valence-corrected chi connectivity index (χ0v) is 14.8. The molecule has 0 bridgehead atoms. The summed E-state index contributed by atoms with van der Waals surface area (Å²) in [5, 5.41) is 0. The third kappa shape index (κ3) is 3.08. The van der Waals surface area contributed by atoms with E-state index in [0.717, 1.165) is 13.1 Å². The van der Waals surface area contributed by atoms with Crippen LogP contribution in [0.15, 0.2) is 79.1 Å². The molecular formula is C23H23N2+. The fourth-order valence-electron chi connectivity index (χ4n) is 3.48. The van der Waals surface area contributed by atoms with Gasteiger partial charge < -0.3 is 0 Å². The summed E-state index contributed by atoms with van der Waals surface area (Å²) >= 11 is 0. The van der Waals surface area contributed by atoms with Crippen molar-refractivity contribution < 1.29 is 4.57 Å². The average Bonchev–Trinajstić information content (AvgIpc) is 2.97. The summed E-state index contributed by atoms with van der Waals surface area (Å²) in [6.07, 6.45) is 2.26. The lowest BCUT2D eigenvalue weighted by Crippen LogP contribution is -2.33. The van der Waals surface area contributed by atoms with E-state index in [1.54, 1.807) is 0 Å². The molecule has 0 N–H and O–H groups in total. The van der Waals surface area contributed by atoms with Crippen molar-refractivity contribution in [3.8, 4) is 0 Å². The van der Waals surface area contributed by atoms with E-state index in [2.05, 4.69) is 102 Å². The molecule has 25 heavy (non-hydrogen) atoms. The van der Waals surface area contributed by atoms with E-state index in [-0.39, 0.29) is 0 Å². The summed E-state index contributed by atoms with van der Waals surface area (Å²) in [5.41, 5.74) is 7.98. The third-order valence-corrected chi connectivity index (χ3v) is 4.95.